The summed E-state index contributed by atoms with van der Waals surface area (Å²) in [6.07, 6.45) is 1.77. The molecule has 2 N–H and O–H groups in total. The van der Waals surface area contributed by atoms with Gasteiger partial charge in [-0.05, 0) is 20.8 Å². The number of carbonyl (C=O) groups is 1. The Balaban J connectivity index is 2.20. The van der Waals surface area contributed by atoms with E-state index < -0.39 is 0 Å². The van der Waals surface area contributed by atoms with E-state index in [4.69, 9.17) is 0 Å². The van der Waals surface area contributed by atoms with Gasteiger partial charge in [0.1, 0.15) is 0 Å². The Bertz CT molecular complexity index is 303. The second-order valence-corrected chi connectivity index (χ2v) is 5.32. The molecule has 1 aromatic rings. The Labute approximate surface area is 94.1 Å². The predicted molar refractivity (Wildman–Crippen MR) is 61.7 cm³/mol. The molecule has 0 saturated carbocycles. The molecule has 0 aliphatic carbocycles. The van der Waals surface area contributed by atoms with Crippen LogP contribution in [-0.2, 0) is 11.3 Å². The van der Waals surface area contributed by atoms with Crippen molar-refractivity contribution in [3.8, 4) is 0 Å². The van der Waals surface area contributed by atoms with Crippen LogP contribution in [0.2, 0.25) is 0 Å². The maximum absolute atomic E-state index is 11.4. The molecule has 1 aromatic heterocycles. The van der Waals surface area contributed by atoms with Gasteiger partial charge in [0, 0.05) is 16.6 Å². The minimum Gasteiger partial charge on any atom is -0.350 e. The molecule has 0 fully saturated rings. The van der Waals surface area contributed by atoms with Crippen molar-refractivity contribution in [3.63, 3.8) is 0 Å². The molecule has 0 spiro atoms. The van der Waals surface area contributed by atoms with Crippen molar-refractivity contribution in [1.82, 2.24) is 15.6 Å². The van der Waals surface area contributed by atoms with Gasteiger partial charge >= 0.3 is 0 Å². The van der Waals surface area contributed by atoms with E-state index >= 15 is 0 Å². The summed E-state index contributed by atoms with van der Waals surface area (Å²) >= 11 is 1.54. The van der Waals surface area contributed by atoms with Crippen LogP contribution in [0.1, 0.15) is 25.6 Å². The van der Waals surface area contributed by atoms with Crippen LogP contribution in [0, 0.1) is 0 Å². The first-order valence-corrected chi connectivity index (χ1v) is 5.74. The summed E-state index contributed by atoms with van der Waals surface area (Å²) in [5.41, 5.74) is 1.73. The summed E-state index contributed by atoms with van der Waals surface area (Å²) in [6.45, 7) is 7.01. The van der Waals surface area contributed by atoms with Gasteiger partial charge in [0.05, 0.1) is 18.6 Å². The van der Waals surface area contributed by atoms with Crippen LogP contribution in [0.3, 0.4) is 0 Å². The largest absolute Gasteiger partial charge is 0.350 e. The average molecular weight is 227 g/mol. The van der Waals surface area contributed by atoms with Crippen molar-refractivity contribution >= 4 is 17.2 Å². The smallest absolute Gasteiger partial charge is 0.234 e. The number of nitrogens with one attached hydrogen (secondary N) is 2. The first-order valence-electron chi connectivity index (χ1n) is 4.86. The second kappa shape index (κ2) is 5.23. The van der Waals surface area contributed by atoms with Crippen molar-refractivity contribution in [3.05, 3.63) is 16.6 Å². The van der Waals surface area contributed by atoms with Crippen LogP contribution < -0.4 is 10.6 Å². The quantitative estimate of drug-likeness (QED) is 0.811. The molecular weight excluding hydrogens is 210 g/mol. The SMILES string of the molecule is CC(C)(C)NCC(=O)NCc1cncs1. The molecule has 0 aromatic carbocycles. The molecular formula is C10H17N3OS. The van der Waals surface area contributed by atoms with Crippen LogP contribution in [0.25, 0.3) is 0 Å². The lowest BCUT2D eigenvalue weighted by Crippen LogP contribution is -2.43. The van der Waals surface area contributed by atoms with Gasteiger partial charge in [-0.3, -0.25) is 9.78 Å². The number of hydrogen-bond donors (Lipinski definition) is 2. The van der Waals surface area contributed by atoms with E-state index in [0.717, 1.165) is 4.88 Å². The van der Waals surface area contributed by atoms with Gasteiger partial charge in [-0.1, -0.05) is 0 Å². The average Bonchev–Trinajstić information content (AvgIpc) is 2.62. The Hall–Kier alpha value is -0.940. The highest BCUT2D eigenvalue weighted by Crippen LogP contribution is 2.03. The molecule has 0 aliphatic rings. The van der Waals surface area contributed by atoms with Crippen molar-refractivity contribution in [1.29, 1.82) is 0 Å². The highest BCUT2D eigenvalue weighted by atomic mass is 32.1. The van der Waals surface area contributed by atoms with Gasteiger partial charge in [0.15, 0.2) is 0 Å². The van der Waals surface area contributed by atoms with Crippen LogP contribution in [0.4, 0.5) is 0 Å². The number of nitrogens with zero attached hydrogens (tertiary/aromatic N) is 1. The van der Waals surface area contributed by atoms with Gasteiger partial charge in [-0.15, -0.1) is 11.3 Å². The Kier molecular flexibility index (Phi) is 4.23. The monoisotopic (exact) mass is 227 g/mol. The van der Waals surface area contributed by atoms with E-state index in [1.54, 1.807) is 23.0 Å². The van der Waals surface area contributed by atoms with E-state index in [9.17, 15) is 4.79 Å². The lowest BCUT2D eigenvalue weighted by molar-refractivity contribution is -0.120. The third-order valence-corrected chi connectivity index (χ3v) is 2.50. The van der Waals surface area contributed by atoms with Crippen LogP contribution in [0.15, 0.2) is 11.7 Å². The minimum absolute atomic E-state index is 0.0123. The third-order valence-electron chi connectivity index (χ3n) is 1.72. The molecule has 0 radical (unpaired) electrons. The first-order chi connectivity index (χ1) is 6.97. The summed E-state index contributed by atoms with van der Waals surface area (Å²) in [5, 5.41) is 5.95. The lowest BCUT2D eigenvalue weighted by atomic mass is 10.1. The fourth-order valence-corrected chi connectivity index (χ4v) is 1.46. The number of aromatic nitrogens is 1. The fraction of sp³-hybridized carbons (Fsp3) is 0.600. The standard InChI is InChI=1S/C10H17N3OS/c1-10(2,3)13-6-9(14)12-5-8-4-11-7-15-8/h4,7,13H,5-6H2,1-3H3,(H,12,14). The van der Waals surface area contributed by atoms with E-state index in [1.165, 1.54) is 0 Å². The lowest BCUT2D eigenvalue weighted by Gasteiger charge is -2.19. The van der Waals surface area contributed by atoms with Gasteiger partial charge in [0.2, 0.25) is 5.91 Å². The Morgan fingerprint density at radius 2 is 2.27 bits per heavy atom. The zero-order valence-corrected chi connectivity index (χ0v) is 10.1. The molecule has 1 rings (SSSR count). The Morgan fingerprint density at radius 3 is 2.80 bits per heavy atom. The molecule has 0 unspecified atom stereocenters. The summed E-state index contributed by atoms with van der Waals surface area (Å²) in [4.78, 5) is 16.4. The molecule has 0 saturated heterocycles. The molecule has 0 bridgehead atoms. The molecule has 84 valence electrons. The Morgan fingerprint density at radius 1 is 1.53 bits per heavy atom. The maximum atomic E-state index is 11.4. The highest BCUT2D eigenvalue weighted by Gasteiger charge is 2.10. The van der Waals surface area contributed by atoms with Crippen LogP contribution in [-0.4, -0.2) is 23.0 Å². The number of thiazole rings is 1. The van der Waals surface area contributed by atoms with E-state index in [2.05, 4.69) is 15.6 Å². The molecule has 1 heterocycles. The van der Waals surface area contributed by atoms with E-state index in [-0.39, 0.29) is 11.4 Å². The number of hydrogen-bond acceptors (Lipinski definition) is 4. The molecule has 4 nitrogen and oxygen atoms in total. The number of rotatable bonds is 4. The van der Waals surface area contributed by atoms with Crippen LogP contribution >= 0.6 is 11.3 Å². The second-order valence-electron chi connectivity index (χ2n) is 4.35. The van der Waals surface area contributed by atoms with Crippen molar-refractivity contribution in [2.24, 2.45) is 0 Å². The van der Waals surface area contributed by atoms with Crippen molar-refractivity contribution in [2.45, 2.75) is 32.9 Å². The molecule has 0 aliphatic heterocycles. The fourth-order valence-electron chi connectivity index (χ4n) is 0.923. The van der Waals surface area contributed by atoms with E-state index in [0.29, 0.717) is 13.1 Å². The summed E-state index contributed by atoms with van der Waals surface area (Å²) < 4.78 is 0. The molecule has 1 amide bonds. The maximum Gasteiger partial charge on any atom is 0.234 e. The topological polar surface area (TPSA) is 54.0 Å². The molecule has 15 heavy (non-hydrogen) atoms. The molecule has 5 heteroatoms. The van der Waals surface area contributed by atoms with Crippen LogP contribution in [0.5, 0.6) is 0 Å². The van der Waals surface area contributed by atoms with E-state index in [1.807, 2.05) is 20.8 Å². The third kappa shape index (κ3) is 5.49. The summed E-state index contributed by atoms with van der Waals surface area (Å²) in [5.74, 6) is 0.0123. The molecule has 0 atom stereocenters. The summed E-state index contributed by atoms with van der Waals surface area (Å²) in [6, 6.07) is 0. The van der Waals surface area contributed by atoms with Gasteiger partial charge in [0.25, 0.3) is 0 Å². The van der Waals surface area contributed by atoms with Gasteiger partial charge in [-0.2, -0.15) is 0 Å². The van der Waals surface area contributed by atoms with Gasteiger partial charge in [-0.25, -0.2) is 0 Å². The zero-order valence-electron chi connectivity index (χ0n) is 9.33. The number of carbonyl (C=O) groups excluding carboxylic acids is 1. The van der Waals surface area contributed by atoms with Gasteiger partial charge < -0.3 is 10.6 Å². The predicted octanol–water partition coefficient (Wildman–Crippen LogP) is 1.15. The normalized spacial score (nSPS) is 11.4. The summed E-state index contributed by atoms with van der Waals surface area (Å²) in [7, 11) is 0. The van der Waals surface area contributed by atoms with Crippen molar-refractivity contribution in [2.75, 3.05) is 6.54 Å². The zero-order chi connectivity index (χ0) is 11.3. The van der Waals surface area contributed by atoms with Crippen molar-refractivity contribution < 1.29 is 4.79 Å². The number of amides is 1. The minimum atomic E-state index is -0.0260. The first kappa shape index (κ1) is 12.1. The highest BCUT2D eigenvalue weighted by molar-refractivity contribution is 7.09.